The van der Waals surface area contributed by atoms with Crippen LogP contribution in [0.15, 0.2) is 24.3 Å². The minimum atomic E-state index is -0.114. The number of carbonyl (C=O) groups excluding carboxylic acids is 1. The highest BCUT2D eigenvalue weighted by Crippen LogP contribution is 2.36. The Bertz CT molecular complexity index is 980. The van der Waals surface area contributed by atoms with Crippen molar-refractivity contribution >= 4 is 39.1 Å². The average molecular weight is 389 g/mol. The predicted molar refractivity (Wildman–Crippen MR) is 108 cm³/mol. The fourth-order valence-corrected chi connectivity index (χ4v) is 4.38. The minimum Gasteiger partial charge on any atom is -0.497 e. The van der Waals surface area contributed by atoms with Gasteiger partial charge in [0.2, 0.25) is 0 Å². The summed E-state index contributed by atoms with van der Waals surface area (Å²) >= 11 is 7.75. The van der Waals surface area contributed by atoms with Crippen LogP contribution in [0.3, 0.4) is 0 Å². The molecule has 0 radical (unpaired) electrons. The second-order valence-electron chi connectivity index (χ2n) is 6.34. The first kappa shape index (κ1) is 18.7. The highest BCUT2D eigenvalue weighted by atomic mass is 35.5. The van der Waals surface area contributed by atoms with Gasteiger partial charge in [-0.1, -0.05) is 23.7 Å². The molecule has 0 aliphatic heterocycles. The standard InChI is InChI=1S/C20H21ClN2O2S/c1-10-16-11(2)18(26-20(16)23-13(4)17(10)21)19(24)22-12(3)14-6-8-15(25-5)9-7-14/h6-9,12H,1-5H3,(H,22,24). The number of pyridine rings is 1. The van der Waals surface area contributed by atoms with E-state index in [0.29, 0.717) is 9.90 Å². The van der Waals surface area contributed by atoms with Gasteiger partial charge in [-0.25, -0.2) is 4.98 Å². The summed E-state index contributed by atoms with van der Waals surface area (Å²) in [5.74, 6) is 0.698. The molecule has 3 rings (SSSR count). The van der Waals surface area contributed by atoms with Gasteiger partial charge in [0.25, 0.3) is 5.91 Å². The number of benzene rings is 1. The van der Waals surface area contributed by atoms with Crippen LogP contribution in [0.5, 0.6) is 5.75 Å². The maximum atomic E-state index is 12.8. The van der Waals surface area contributed by atoms with Crippen molar-refractivity contribution in [3.8, 4) is 5.75 Å². The average Bonchev–Trinajstić information content (AvgIpc) is 2.96. The molecule has 4 nitrogen and oxygen atoms in total. The van der Waals surface area contributed by atoms with E-state index in [1.54, 1.807) is 7.11 Å². The molecule has 0 saturated heterocycles. The van der Waals surface area contributed by atoms with Gasteiger partial charge in [-0.15, -0.1) is 11.3 Å². The molecule has 3 aromatic rings. The van der Waals surface area contributed by atoms with Crippen LogP contribution >= 0.6 is 22.9 Å². The first-order valence-corrected chi connectivity index (χ1v) is 9.53. The van der Waals surface area contributed by atoms with Gasteiger partial charge in [-0.3, -0.25) is 4.79 Å². The van der Waals surface area contributed by atoms with Gasteiger partial charge in [-0.05, 0) is 56.5 Å². The molecule has 0 spiro atoms. The number of nitrogens with one attached hydrogen (secondary N) is 1. The Morgan fingerprint density at radius 2 is 1.85 bits per heavy atom. The monoisotopic (exact) mass is 388 g/mol. The van der Waals surface area contributed by atoms with Crippen LogP contribution in [-0.4, -0.2) is 18.0 Å². The molecule has 1 atom stereocenters. The van der Waals surface area contributed by atoms with E-state index >= 15 is 0 Å². The van der Waals surface area contributed by atoms with Gasteiger partial charge in [0, 0.05) is 5.39 Å². The number of hydrogen-bond donors (Lipinski definition) is 1. The quantitative estimate of drug-likeness (QED) is 0.653. The SMILES string of the molecule is COc1ccc(C(C)NC(=O)c2sc3nc(C)c(Cl)c(C)c3c2C)cc1. The summed E-state index contributed by atoms with van der Waals surface area (Å²) in [6.07, 6.45) is 0. The lowest BCUT2D eigenvalue weighted by Gasteiger charge is -2.14. The zero-order chi connectivity index (χ0) is 19.0. The number of hydrogen-bond acceptors (Lipinski definition) is 4. The minimum absolute atomic E-state index is 0.0954. The number of amides is 1. The zero-order valence-corrected chi connectivity index (χ0v) is 17.0. The number of halogens is 1. The summed E-state index contributed by atoms with van der Waals surface area (Å²) in [4.78, 5) is 18.9. The Morgan fingerprint density at radius 3 is 2.46 bits per heavy atom. The topological polar surface area (TPSA) is 51.2 Å². The lowest BCUT2D eigenvalue weighted by atomic mass is 10.1. The molecular weight excluding hydrogens is 368 g/mol. The first-order chi connectivity index (χ1) is 12.3. The maximum absolute atomic E-state index is 12.8. The number of methoxy groups -OCH3 is 1. The smallest absolute Gasteiger partial charge is 0.262 e. The van der Waals surface area contributed by atoms with Gasteiger partial charge >= 0.3 is 0 Å². The highest BCUT2D eigenvalue weighted by Gasteiger charge is 2.21. The molecule has 0 aliphatic rings. The van der Waals surface area contributed by atoms with Gasteiger partial charge in [0.05, 0.1) is 28.7 Å². The second kappa shape index (κ2) is 7.25. The van der Waals surface area contributed by atoms with E-state index in [4.69, 9.17) is 16.3 Å². The molecule has 0 bridgehead atoms. The second-order valence-corrected chi connectivity index (χ2v) is 7.72. The summed E-state index contributed by atoms with van der Waals surface area (Å²) in [5, 5.41) is 4.71. The zero-order valence-electron chi connectivity index (χ0n) is 15.4. The molecule has 1 unspecified atom stereocenters. The largest absolute Gasteiger partial charge is 0.497 e. The normalized spacial score (nSPS) is 12.2. The molecule has 1 aromatic carbocycles. The van der Waals surface area contributed by atoms with E-state index in [2.05, 4.69) is 10.3 Å². The first-order valence-electron chi connectivity index (χ1n) is 8.34. The van der Waals surface area contributed by atoms with E-state index in [1.165, 1.54) is 11.3 Å². The van der Waals surface area contributed by atoms with Crippen LogP contribution in [0.1, 0.15) is 45.0 Å². The molecule has 6 heteroatoms. The van der Waals surface area contributed by atoms with Crippen molar-refractivity contribution in [1.29, 1.82) is 0 Å². The van der Waals surface area contributed by atoms with Crippen LogP contribution in [0.2, 0.25) is 5.02 Å². The molecule has 1 amide bonds. The summed E-state index contributed by atoms with van der Waals surface area (Å²) in [5.41, 5.74) is 3.71. The number of aryl methyl sites for hydroxylation is 3. The lowest BCUT2D eigenvalue weighted by molar-refractivity contribution is 0.0943. The van der Waals surface area contributed by atoms with Gasteiger partial charge < -0.3 is 10.1 Å². The Labute approximate surface area is 162 Å². The molecule has 0 saturated carbocycles. The molecular formula is C20H21ClN2O2S. The Morgan fingerprint density at radius 1 is 1.19 bits per heavy atom. The summed E-state index contributed by atoms with van der Waals surface area (Å²) in [7, 11) is 1.63. The van der Waals surface area contributed by atoms with Crippen LogP contribution in [-0.2, 0) is 0 Å². The van der Waals surface area contributed by atoms with Gasteiger partial charge in [0.15, 0.2) is 0 Å². The highest BCUT2D eigenvalue weighted by molar-refractivity contribution is 7.20. The van der Waals surface area contributed by atoms with Crippen molar-refractivity contribution in [2.75, 3.05) is 7.11 Å². The molecule has 0 aliphatic carbocycles. The molecule has 2 heterocycles. The number of nitrogens with zero attached hydrogens (tertiary/aromatic N) is 1. The number of aromatic nitrogens is 1. The number of thiophene rings is 1. The van der Waals surface area contributed by atoms with E-state index in [9.17, 15) is 4.79 Å². The Balaban J connectivity index is 1.90. The molecule has 0 fully saturated rings. The molecule has 136 valence electrons. The van der Waals surface area contributed by atoms with E-state index in [0.717, 1.165) is 38.4 Å². The fourth-order valence-electron chi connectivity index (χ4n) is 3.06. The number of ether oxygens (including phenoxy) is 1. The fraction of sp³-hybridized carbons (Fsp3) is 0.300. The summed E-state index contributed by atoms with van der Waals surface area (Å²) < 4.78 is 5.18. The van der Waals surface area contributed by atoms with E-state index in [1.807, 2.05) is 52.0 Å². The van der Waals surface area contributed by atoms with Crippen molar-refractivity contribution in [2.45, 2.75) is 33.7 Å². The van der Waals surface area contributed by atoms with Crippen molar-refractivity contribution in [2.24, 2.45) is 0 Å². The molecule has 1 N–H and O–H groups in total. The summed E-state index contributed by atoms with van der Waals surface area (Å²) in [6.45, 7) is 7.77. The van der Waals surface area contributed by atoms with Gasteiger partial charge in [0.1, 0.15) is 10.6 Å². The van der Waals surface area contributed by atoms with E-state index in [-0.39, 0.29) is 11.9 Å². The van der Waals surface area contributed by atoms with Crippen LogP contribution in [0, 0.1) is 20.8 Å². The van der Waals surface area contributed by atoms with E-state index < -0.39 is 0 Å². The maximum Gasteiger partial charge on any atom is 0.262 e. The Kier molecular flexibility index (Phi) is 5.21. The predicted octanol–water partition coefficient (Wildman–Crippen LogP) is 5.37. The number of carbonyl (C=O) groups is 1. The van der Waals surface area contributed by atoms with Crippen LogP contribution in [0.25, 0.3) is 10.2 Å². The Hall–Kier alpha value is -2.11. The third kappa shape index (κ3) is 3.29. The van der Waals surface area contributed by atoms with Crippen LogP contribution in [0.4, 0.5) is 0 Å². The lowest BCUT2D eigenvalue weighted by Crippen LogP contribution is -2.26. The van der Waals surface area contributed by atoms with Crippen molar-refractivity contribution in [3.63, 3.8) is 0 Å². The van der Waals surface area contributed by atoms with Crippen molar-refractivity contribution < 1.29 is 9.53 Å². The molecule has 26 heavy (non-hydrogen) atoms. The van der Waals surface area contributed by atoms with Crippen molar-refractivity contribution in [3.05, 3.63) is 56.5 Å². The van der Waals surface area contributed by atoms with Crippen molar-refractivity contribution in [1.82, 2.24) is 10.3 Å². The summed E-state index contributed by atoms with van der Waals surface area (Å²) in [6, 6.07) is 7.58. The number of rotatable bonds is 4. The third-order valence-electron chi connectivity index (χ3n) is 4.59. The van der Waals surface area contributed by atoms with Crippen LogP contribution < -0.4 is 10.1 Å². The van der Waals surface area contributed by atoms with Gasteiger partial charge in [-0.2, -0.15) is 0 Å². The third-order valence-corrected chi connectivity index (χ3v) is 6.33. The molecule has 2 aromatic heterocycles. The number of fused-ring (bicyclic) bond motifs is 1.